The van der Waals surface area contributed by atoms with Gasteiger partial charge in [0.25, 0.3) is 0 Å². The Morgan fingerprint density at radius 1 is 1.25 bits per heavy atom. The lowest BCUT2D eigenvalue weighted by molar-refractivity contribution is -0.141. The molecule has 1 atom stereocenters. The van der Waals surface area contributed by atoms with Crippen LogP contribution in [0.4, 0.5) is 0 Å². The van der Waals surface area contributed by atoms with Crippen molar-refractivity contribution in [2.75, 3.05) is 13.7 Å². The number of Topliss-reactive ketones (excluding diaryl/α,β-unsaturated/α-hetero) is 1. The Balaban J connectivity index is 2.46. The molecule has 132 valence electrons. The summed E-state index contributed by atoms with van der Waals surface area (Å²) >= 11 is 0. The molecule has 1 aromatic carbocycles. The molecule has 0 aliphatic heterocycles. The van der Waals surface area contributed by atoms with Crippen molar-refractivity contribution in [3.05, 3.63) is 23.8 Å². The largest absolute Gasteiger partial charge is 0.493 e. The van der Waals surface area contributed by atoms with Gasteiger partial charge >= 0.3 is 5.97 Å². The maximum atomic E-state index is 11.7. The molecular weight excluding hydrogens is 314 g/mol. The summed E-state index contributed by atoms with van der Waals surface area (Å²) in [6.45, 7) is 3.43. The quantitative estimate of drug-likeness (QED) is 0.500. The number of aliphatic carboxylic acids is 1. The molecule has 0 aliphatic carbocycles. The van der Waals surface area contributed by atoms with Crippen molar-refractivity contribution in [1.82, 2.24) is 5.32 Å². The Kier molecular flexibility index (Phi) is 7.74. The minimum Gasteiger partial charge on any atom is -0.493 e. The summed E-state index contributed by atoms with van der Waals surface area (Å²) in [4.78, 5) is 33.9. The van der Waals surface area contributed by atoms with Gasteiger partial charge in [0, 0.05) is 12.0 Å². The van der Waals surface area contributed by atoms with Crippen molar-refractivity contribution in [2.24, 2.45) is 0 Å². The van der Waals surface area contributed by atoms with Crippen molar-refractivity contribution in [2.45, 2.75) is 39.2 Å². The molecule has 1 rings (SSSR count). The van der Waals surface area contributed by atoms with E-state index in [0.29, 0.717) is 29.9 Å². The molecule has 7 heteroatoms. The van der Waals surface area contributed by atoms with Crippen LogP contribution in [0.15, 0.2) is 18.2 Å². The second kappa shape index (κ2) is 9.54. The van der Waals surface area contributed by atoms with Gasteiger partial charge in [-0.2, -0.15) is 0 Å². The van der Waals surface area contributed by atoms with Crippen LogP contribution in [0.5, 0.6) is 11.5 Å². The minimum absolute atomic E-state index is 0.0690. The van der Waals surface area contributed by atoms with E-state index in [9.17, 15) is 14.4 Å². The third kappa shape index (κ3) is 5.91. The maximum absolute atomic E-state index is 11.7. The molecule has 0 saturated carbocycles. The highest BCUT2D eigenvalue weighted by Gasteiger charge is 2.17. The monoisotopic (exact) mass is 337 g/mol. The fraction of sp³-hybridized carbons (Fsp3) is 0.471. The third-order valence-electron chi connectivity index (χ3n) is 3.42. The van der Waals surface area contributed by atoms with Crippen LogP contribution in [-0.4, -0.2) is 42.5 Å². The van der Waals surface area contributed by atoms with Crippen LogP contribution in [0.1, 0.15) is 43.5 Å². The van der Waals surface area contributed by atoms with E-state index in [0.717, 1.165) is 0 Å². The Bertz CT molecular complexity index is 599. The number of ketones is 1. The average Bonchev–Trinajstić information content (AvgIpc) is 2.56. The number of carbonyl (C=O) groups excluding carboxylic acids is 2. The molecule has 1 aromatic rings. The zero-order chi connectivity index (χ0) is 18.1. The average molecular weight is 337 g/mol. The topological polar surface area (TPSA) is 102 Å². The van der Waals surface area contributed by atoms with Crippen molar-refractivity contribution < 1.29 is 29.0 Å². The lowest BCUT2D eigenvalue weighted by atomic mass is 10.1. The Morgan fingerprint density at radius 3 is 2.50 bits per heavy atom. The highest BCUT2D eigenvalue weighted by molar-refractivity contribution is 5.94. The van der Waals surface area contributed by atoms with E-state index in [1.165, 1.54) is 14.0 Å². The predicted octanol–water partition coefficient (Wildman–Crippen LogP) is 2.04. The highest BCUT2D eigenvalue weighted by Crippen LogP contribution is 2.28. The normalized spacial score (nSPS) is 11.5. The maximum Gasteiger partial charge on any atom is 0.326 e. The van der Waals surface area contributed by atoms with Gasteiger partial charge < -0.3 is 19.9 Å². The molecule has 0 spiro atoms. The summed E-state index contributed by atoms with van der Waals surface area (Å²) in [7, 11) is 1.48. The second-order valence-electron chi connectivity index (χ2n) is 5.24. The fourth-order valence-electron chi connectivity index (χ4n) is 2.03. The van der Waals surface area contributed by atoms with Crippen LogP contribution in [0.3, 0.4) is 0 Å². The molecule has 1 unspecified atom stereocenters. The Morgan fingerprint density at radius 2 is 1.96 bits per heavy atom. The van der Waals surface area contributed by atoms with Crippen molar-refractivity contribution in [3.8, 4) is 11.5 Å². The number of methoxy groups -OCH3 is 1. The number of rotatable bonds is 10. The molecule has 0 aliphatic rings. The van der Waals surface area contributed by atoms with Gasteiger partial charge in [-0.3, -0.25) is 9.59 Å². The van der Waals surface area contributed by atoms with Gasteiger partial charge in [-0.05, 0) is 38.0 Å². The summed E-state index contributed by atoms with van der Waals surface area (Å²) in [6.07, 6.45) is 0.925. The Hall–Kier alpha value is -2.57. The summed E-state index contributed by atoms with van der Waals surface area (Å²) < 4.78 is 10.7. The second-order valence-corrected chi connectivity index (χ2v) is 5.24. The standard InChI is InChI=1S/C17H23NO6/c1-4-13(17(21)22)18-16(20)6-5-9-24-14-8-7-12(11(2)19)10-15(14)23-3/h7-8,10,13H,4-6,9H2,1-3H3,(H,18,20)(H,21,22). The van der Waals surface area contributed by atoms with E-state index in [2.05, 4.69) is 5.32 Å². The van der Waals surface area contributed by atoms with Gasteiger partial charge in [0.2, 0.25) is 5.91 Å². The number of hydrogen-bond donors (Lipinski definition) is 2. The van der Waals surface area contributed by atoms with Crippen LogP contribution >= 0.6 is 0 Å². The van der Waals surface area contributed by atoms with Gasteiger partial charge in [-0.1, -0.05) is 6.92 Å². The zero-order valence-electron chi connectivity index (χ0n) is 14.1. The van der Waals surface area contributed by atoms with E-state index in [4.69, 9.17) is 14.6 Å². The van der Waals surface area contributed by atoms with E-state index in [1.807, 2.05) is 0 Å². The number of hydrogen-bond acceptors (Lipinski definition) is 5. The van der Waals surface area contributed by atoms with Crippen LogP contribution in [-0.2, 0) is 9.59 Å². The van der Waals surface area contributed by atoms with E-state index < -0.39 is 12.0 Å². The lowest BCUT2D eigenvalue weighted by Gasteiger charge is -2.13. The zero-order valence-corrected chi connectivity index (χ0v) is 14.1. The SMILES string of the molecule is CCC(NC(=O)CCCOc1ccc(C(C)=O)cc1OC)C(=O)O. The fourth-order valence-corrected chi connectivity index (χ4v) is 2.03. The number of carboxylic acids is 1. The first-order chi connectivity index (χ1) is 11.4. The molecule has 0 fully saturated rings. The number of ether oxygens (including phenoxy) is 2. The smallest absolute Gasteiger partial charge is 0.326 e. The van der Waals surface area contributed by atoms with Crippen LogP contribution in [0.2, 0.25) is 0 Å². The summed E-state index contributed by atoms with van der Waals surface area (Å²) in [5.74, 6) is -0.506. The predicted molar refractivity (Wildman–Crippen MR) is 87.6 cm³/mol. The first-order valence-corrected chi connectivity index (χ1v) is 7.73. The van der Waals surface area contributed by atoms with Crippen molar-refractivity contribution in [3.63, 3.8) is 0 Å². The highest BCUT2D eigenvalue weighted by atomic mass is 16.5. The molecule has 0 heterocycles. The Labute approximate surface area is 141 Å². The van der Waals surface area contributed by atoms with E-state index in [-0.39, 0.29) is 24.7 Å². The number of carboxylic acid groups (broad SMARTS) is 1. The summed E-state index contributed by atoms with van der Waals surface area (Å²) in [5.41, 5.74) is 0.526. The van der Waals surface area contributed by atoms with Crippen LogP contribution in [0, 0.1) is 0 Å². The number of carbonyl (C=O) groups is 3. The van der Waals surface area contributed by atoms with E-state index >= 15 is 0 Å². The van der Waals surface area contributed by atoms with Crippen molar-refractivity contribution in [1.29, 1.82) is 0 Å². The lowest BCUT2D eigenvalue weighted by Crippen LogP contribution is -2.40. The third-order valence-corrected chi connectivity index (χ3v) is 3.42. The molecule has 0 aromatic heterocycles. The molecule has 0 saturated heterocycles. The number of benzene rings is 1. The number of amides is 1. The molecule has 1 amide bonds. The first-order valence-electron chi connectivity index (χ1n) is 7.73. The summed E-state index contributed by atoms with van der Waals surface area (Å²) in [5, 5.41) is 11.3. The van der Waals surface area contributed by atoms with Gasteiger partial charge in [0.15, 0.2) is 17.3 Å². The first kappa shape index (κ1) is 19.5. The summed E-state index contributed by atoms with van der Waals surface area (Å²) in [6, 6.07) is 4.03. The van der Waals surface area contributed by atoms with Crippen molar-refractivity contribution >= 4 is 17.7 Å². The van der Waals surface area contributed by atoms with Gasteiger partial charge in [0.1, 0.15) is 6.04 Å². The van der Waals surface area contributed by atoms with Crippen LogP contribution in [0.25, 0.3) is 0 Å². The molecule has 7 nitrogen and oxygen atoms in total. The molecule has 2 N–H and O–H groups in total. The molecule has 0 radical (unpaired) electrons. The molecule has 24 heavy (non-hydrogen) atoms. The van der Waals surface area contributed by atoms with Gasteiger partial charge in [-0.15, -0.1) is 0 Å². The van der Waals surface area contributed by atoms with E-state index in [1.54, 1.807) is 25.1 Å². The molecule has 0 bridgehead atoms. The molecular formula is C17H23NO6. The van der Waals surface area contributed by atoms with Crippen LogP contribution < -0.4 is 14.8 Å². The van der Waals surface area contributed by atoms with Gasteiger partial charge in [-0.25, -0.2) is 4.79 Å². The van der Waals surface area contributed by atoms with Gasteiger partial charge in [0.05, 0.1) is 13.7 Å². The minimum atomic E-state index is -1.04. The number of nitrogens with one attached hydrogen (secondary N) is 1.